The summed E-state index contributed by atoms with van der Waals surface area (Å²) in [7, 11) is 3.94. The van der Waals surface area contributed by atoms with Crippen molar-refractivity contribution in [2.75, 3.05) is 26.8 Å². The standard InChI is InChI=1S/C27H36N8O3/c1-8-37-26-19-9-10-21-20-11-22(28-18(5)25(20)30-29-21)24-17(4)31-34(7)27(24)38-16(3)12-33(6)13-23(19)35(32-26)15(2)14-36/h9-11,15-16,36H,8,12-14H2,1-7H3,(H,29,30)/b10-9+. The predicted octanol–water partition coefficient (Wildman–Crippen LogP) is 3.51. The van der Waals surface area contributed by atoms with E-state index in [4.69, 9.17) is 19.6 Å². The van der Waals surface area contributed by atoms with Crippen LogP contribution in [-0.4, -0.2) is 77.7 Å². The molecule has 0 saturated heterocycles. The summed E-state index contributed by atoms with van der Waals surface area (Å²) in [4.78, 5) is 7.07. The Labute approximate surface area is 222 Å². The third kappa shape index (κ3) is 4.56. The molecule has 0 radical (unpaired) electrons. The van der Waals surface area contributed by atoms with Gasteiger partial charge in [-0.25, -0.2) is 4.68 Å². The van der Waals surface area contributed by atoms with E-state index in [1.165, 1.54) is 0 Å². The largest absolute Gasteiger partial charge is 0.476 e. The second kappa shape index (κ2) is 10.2. The van der Waals surface area contributed by atoms with Gasteiger partial charge in [0.2, 0.25) is 11.8 Å². The molecule has 4 aromatic rings. The van der Waals surface area contributed by atoms with Gasteiger partial charge in [0.1, 0.15) is 11.6 Å². The molecule has 0 saturated carbocycles. The molecule has 1 aliphatic rings. The van der Waals surface area contributed by atoms with Gasteiger partial charge in [-0.2, -0.15) is 10.2 Å². The minimum Gasteiger partial charge on any atom is -0.476 e. The van der Waals surface area contributed by atoms with Crippen molar-refractivity contribution in [2.45, 2.75) is 53.3 Å². The van der Waals surface area contributed by atoms with Gasteiger partial charge in [-0.05, 0) is 59.9 Å². The number of pyridine rings is 1. The van der Waals surface area contributed by atoms with E-state index in [0.29, 0.717) is 31.5 Å². The van der Waals surface area contributed by atoms with E-state index in [0.717, 1.165) is 50.5 Å². The van der Waals surface area contributed by atoms with Crippen LogP contribution in [0.4, 0.5) is 0 Å². The van der Waals surface area contributed by atoms with Gasteiger partial charge in [-0.15, -0.1) is 5.10 Å². The molecule has 0 aliphatic carbocycles. The average molecular weight is 521 g/mol. The molecule has 11 nitrogen and oxygen atoms in total. The van der Waals surface area contributed by atoms with Crippen LogP contribution in [0.25, 0.3) is 34.3 Å². The van der Waals surface area contributed by atoms with Crippen LogP contribution in [-0.2, 0) is 13.6 Å². The van der Waals surface area contributed by atoms with Gasteiger partial charge in [-0.3, -0.25) is 19.7 Å². The first-order valence-corrected chi connectivity index (χ1v) is 13.0. The highest BCUT2D eigenvalue weighted by molar-refractivity contribution is 5.93. The van der Waals surface area contributed by atoms with Crippen LogP contribution in [0, 0.1) is 13.8 Å². The zero-order valence-electron chi connectivity index (χ0n) is 23.1. The predicted molar refractivity (Wildman–Crippen MR) is 146 cm³/mol. The van der Waals surface area contributed by atoms with Gasteiger partial charge in [0, 0.05) is 25.5 Å². The van der Waals surface area contributed by atoms with Gasteiger partial charge >= 0.3 is 0 Å². The number of H-pyrrole nitrogens is 1. The van der Waals surface area contributed by atoms with Crippen molar-refractivity contribution in [2.24, 2.45) is 7.05 Å². The second-order valence-corrected chi connectivity index (χ2v) is 10.0. The molecule has 38 heavy (non-hydrogen) atoms. The lowest BCUT2D eigenvalue weighted by Gasteiger charge is -2.24. The number of aromatic nitrogens is 7. The summed E-state index contributed by atoms with van der Waals surface area (Å²) in [6.45, 7) is 11.6. The van der Waals surface area contributed by atoms with Crippen LogP contribution >= 0.6 is 0 Å². The number of aromatic amines is 1. The molecule has 5 heterocycles. The van der Waals surface area contributed by atoms with Crippen molar-refractivity contribution in [3.05, 3.63) is 34.4 Å². The summed E-state index contributed by atoms with van der Waals surface area (Å²) in [6, 6.07) is 1.83. The summed E-state index contributed by atoms with van der Waals surface area (Å²) >= 11 is 0. The summed E-state index contributed by atoms with van der Waals surface area (Å²) < 4.78 is 16.1. The molecular formula is C27H36N8O3. The van der Waals surface area contributed by atoms with Crippen molar-refractivity contribution >= 4 is 23.1 Å². The Balaban J connectivity index is 1.75. The van der Waals surface area contributed by atoms with Crippen LogP contribution in [0.2, 0.25) is 0 Å². The number of rotatable bonds is 4. The van der Waals surface area contributed by atoms with Crippen molar-refractivity contribution in [1.82, 2.24) is 39.6 Å². The molecule has 11 heteroatoms. The third-order valence-corrected chi connectivity index (χ3v) is 6.87. The summed E-state index contributed by atoms with van der Waals surface area (Å²) in [5.74, 6) is 1.22. The Hall–Kier alpha value is -3.70. The minimum atomic E-state index is -0.209. The van der Waals surface area contributed by atoms with Crippen molar-refractivity contribution in [1.29, 1.82) is 0 Å². The second-order valence-electron chi connectivity index (χ2n) is 10.0. The minimum absolute atomic E-state index is 0.0323. The first kappa shape index (κ1) is 25.9. The first-order chi connectivity index (χ1) is 18.2. The fourth-order valence-corrected chi connectivity index (χ4v) is 5.13. The van der Waals surface area contributed by atoms with Crippen LogP contribution < -0.4 is 9.47 Å². The fourth-order valence-electron chi connectivity index (χ4n) is 5.13. The Morgan fingerprint density at radius 2 is 2.00 bits per heavy atom. The SMILES string of the molecule is CCOc1nn(C(C)CO)c2c1/C=C/c1[nH]nc3c(C)nc(cc13)-c1c(C)nn(C)c1OC(C)CN(C)C2. The number of likely N-dealkylation sites (N-methyl/N-ethyl adjacent to an activating group) is 1. The van der Waals surface area contributed by atoms with E-state index in [1.807, 2.05) is 57.6 Å². The van der Waals surface area contributed by atoms with E-state index < -0.39 is 0 Å². The number of fused-ring (bicyclic) bond motifs is 4. The van der Waals surface area contributed by atoms with Gasteiger partial charge < -0.3 is 14.6 Å². The first-order valence-electron chi connectivity index (χ1n) is 13.0. The van der Waals surface area contributed by atoms with E-state index in [1.54, 1.807) is 4.68 Å². The lowest BCUT2D eigenvalue weighted by Crippen LogP contribution is -2.32. The Bertz CT molecular complexity index is 1500. The number of hydrogen-bond donors (Lipinski definition) is 2. The molecular weight excluding hydrogens is 484 g/mol. The molecule has 0 spiro atoms. The highest BCUT2D eigenvalue weighted by Crippen LogP contribution is 2.36. The average Bonchev–Trinajstić information content (AvgIpc) is 3.51. The summed E-state index contributed by atoms with van der Waals surface area (Å²) in [6.07, 6.45) is 3.89. The Kier molecular flexibility index (Phi) is 6.97. The third-order valence-electron chi connectivity index (χ3n) is 6.87. The van der Waals surface area contributed by atoms with E-state index >= 15 is 0 Å². The lowest BCUT2D eigenvalue weighted by molar-refractivity contribution is 0.145. The Morgan fingerprint density at radius 1 is 1.21 bits per heavy atom. The number of aliphatic hydroxyl groups is 1. The molecule has 2 N–H and O–H groups in total. The molecule has 2 atom stereocenters. The van der Waals surface area contributed by atoms with Crippen molar-refractivity contribution < 1.29 is 14.6 Å². The van der Waals surface area contributed by atoms with Gasteiger partial charge in [0.25, 0.3) is 0 Å². The van der Waals surface area contributed by atoms with Crippen LogP contribution in [0.5, 0.6) is 11.8 Å². The van der Waals surface area contributed by atoms with E-state index in [9.17, 15) is 5.11 Å². The lowest BCUT2D eigenvalue weighted by atomic mass is 10.1. The van der Waals surface area contributed by atoms with Gasteiger partial charge in [0.15, 0.2) is 0 Å². The smallest absolute Gasteiger partial charge is 0.240 e. The van der Waals surface area contributed by atoms with E-state index in [2.05, 4.69) is 34.2 Å². The summed E-state index contributed by atoms with van der Waals surface area (Å²) in [5, 5.41) is 28.0. The van der Waals surface area contributed by atoms with Crippen LogP contribution in [0.15, 0.2) is 6.07 Å². The zero-order chi connectivity index (χ0) is 27.1. The molecule has 1 aliphatic heterocycles. The number of hydrogen-bond acceptors (Lipinski definition) is 8. The number of aliphatic hydroxyl groups excluding tert-OH is 1. The number of nitrogens with zero attached hydrogens (tertiary/aromatic N) is 7. The highest BCUT2D eigenvalue weighted by Gasteiger charge is 2.25. The zero-order valence-corrected chi connectivity index (χ0v) is 23.1. The number of ether oxygens (including phenoxy) is 2. The maximum absolute atomic E-state index is 9.96. The number of aryl methyl sites for hydroxylation is 3. The molecule has 202 valence electrons. The molecule has 4 aromatic heterocycles. The quantitative estimate of drug-likeness (QED) is 0.420. The topological polar surface area (TPSA) is 119 Å². The monoisotopic (exact) mass is 520 g/mol. The van der Waals surface area contributed by atoms with Crippen molar-refractivity contribution in [3.8, 4) is 23.0 Å². The van der Waals surface area contributed by atoms with E-state index in [-0.39, 0.29) is 18.8 Å². The maximum atomic E-state index is 9.96. The number of nitrogens with one attached hydrogen (secondary N) is 1. The van der Waals surface area contributed by atoms with Crippen molar-refractivity contribution in [3.63, 3.8) is 0 Å². The summed E-state index contributed by atoms with van der Waals surface area (Å²) in [5.41, 5.74) is 6.84. The molecule has 5 rings (SSSR count). The normalized spacial score (nSPS) is 17.9. The highest BCUT2D eigenvalue weighted by atomic mass is 16.5. The Morgan fingerprint density at radius 3 is 2.74 bits per heavy atom. The molecule has 2 bridgehead atoms. The van der Waals surface area contributed by atoms with Gasteiger partial charge in [-0.1, -0.05) is 0 Å². The fraction of sp³-hybridized carbons (Fsp3) is 0.481. The van der Waals surface area contributed by atoms with Gasteiger partial charge in [0.05, 0.1) is 58.9 Å². The molecule has 0 aromatic carbocycles. The van der Waals surface area contributed by atoms with Crippen LogP contribution in [0.3, 0.4) is 0 Å². The molecule has 0 fully saturated rings. The molecule has 2 unspecified atom stereocenters. The molecule has 0 amide bonds. The maximum Gasteiger partial charge on any atom is 0.240 e. The van der Waals surface area contributed by atoms with Crippen LogP contribution in [0.1, 0.15) is 55.2 Å².